The quantitative estimate of drug-likeness (QED) is 0.479. The summed E-state index contributed by atoms with van der Waals surface area (Å²) in [6.07, 6.45) is -0.0382. The zero-order valence-corrected chi connectivity index (χ0v) is 11.3. The largest absolute Gasteiger partial charge is 0.480 e. The molecule has 0 radical (unpaired) electrons. The third-order valence-electron chi connectivity index (χ3n) is 2.43. The molecule has 8 heteroatoms. The van der Waals surface area contributed by atoms with Crippen LogP contribution in [0.15, 0.2) is 0 Å². The number of hydrogen-bond acceptors (Lipinski definition) is 5. The maximum absolute atomic E-state index is 11.9. The summed E-state index contributed by atoms with van der Waals surface area (Å²) < 4.78 is 9.77. The number of hydrogen-bond donors (Lipinski definition) is 3. The lowest BCUT2D eigenvalue weighted by Gasteiger charge is -2.24. The first-order chi connectivity index (χ1) is 9.06. The first-order valence-corrected chi connectivity index (χ1v) is 5.93. The summed E-state index contributed by atoms with van der Waals surface area (Å²) in [4.78, 5) is 24.2. The molecule has 0 aromatic carbocycles. The van der Waals surface area contributed by atoms with Crippen LogP contribution in [0, 0.1) is 0 Å². The SMILES string of the molecule is COCCN(CCOC)C(=O)N[C@H](CCO)C(=O)O. The fourth-order valence-corrected chi connectivity index (χ4v) is 1.34. The van der Waals surface area contributed by atoms with Crippen molar-refractivity contribution in [3.8, 4) is 0 Å². The smallest absolute Gasteiger partial charge is 0.326 e. The van der Waals surface area contributed by atoms with E-state index >= 15 is 0 Å². The minimum absolute atomic E-state index is 0.0382. The van der Waals surface area contributed by atoms with Gasteiger partial charge in [-0.25, -0.2) is 9.59 Å². The van der Waals surface area contributed by atoms with Gasteiger partial charge in [0.2, 0.25) is 0 Å². The Hall–Kier alpha value is -1.38. The Morgan fingerprint density at radius 2 is 1.74 bits per heavy atom. The van der Waals surface area contributed by atoms with Crippen LogP contribution in [0.4, 0.5) is 4.79 Å². The summed E-state index contributed by atoms with van der Waals surface area (Å²) >= 11 is 0. The van der Waals surface area contributed by atoms with E-state index in [2.05, 4.69) is 5.32 Å². The Balaban J connectivity index is 4.44. The van der Waals surface area contributed by atoms with E-state index in [1.807, 2.05) is 0 Å². The average molecular weight is 278 g/mol. The van der Waals surface area contributed by atoms with Crippen LogP contribution in [0.3, 0.4) is 0 Å². The Morgan fingerprint density at radius 1 is 1.21 bits per heavy atom. The molecule has 8 nitrogen and oxygen atoms in total. The van der Waals surface area contributed by atoms with Crippen LogP contribution in [0.25, 0.3) is 0 Å². The van der Waals surface area contributed by atoms with Crippen LogP contribution in [-0.2, 0) is 14.3 Å². The second kappa shape index (κ2) is 10.5. The zero-order chi connectivity index (χ0) is 14.7. The molecule has 0 aliphatic carbocycles. The van der Waals surface area contributed by atoms with Gasteiger partial charge in [-0.05, 0) is 0 Å². The van der Waals surface area contributed by atoms with Crippen molar-refractivity contribution in [1.29, 1.82) is 0 Å². The molecule has 0 heterocycles. The van der Waals surface area contributed by atoms with Gasteiger partial charge in [0.15, 0.2) is 0 Å². The standard InChI is InChI=1S/C11H22N2O6/c1-18-7-4-13(5-8-19-2)11(17)12-9(3-6-14)10(15)16/h9,14H,3-8H2,1-2H3,(H,12,17)(H,15,16)/t9-/m1/s1. The number of carboxylic acids is 1. The fourth-order valence-electron chi connectivity index (χ4n) is 1.34. The Morgan fingerprint density at radius 3 is 2.11 bits per heavy atom. The molecule has 0 aliphatic rings. The van der Waals surface area contributed by atoms with Crippen molar-refractivity contribution in [2.45, 2.75) is 12.5 Å². The third-order valence-corrected chi connectivity index (χ3v) is 2.43. The lowest BCUT2D eigenvalue weighted by molar-refractivity contribution is -0.139. The minimum atomic E-state index is -1.18. The normalized spacial score (nSPS) is 11.9. The highest BCUT2D eigenvalue weighted by atomic mass is 16.5. The first kappa shape index (κ1) is 17.6. The van der Waals surface area contributed by atoms with Gasteiger partial charge in [0.05, 0.1) is 13.2 Å². The topological polar surface area (TPSA) is 108 Å². The number of carbonyl (C=O) groups is 2. The molecule has 0 saturated heterocycles. The van der Waals surface area contributed by atoms with Gasteiger partial charge in [0, 0.05) is 40.3 Å². The summed E-state index contributed by atoms with van der Waals surface area (Å²) in [5.74, 6) is -1.18. The van der Waals surface area contributed by atoms with Gasteiger partial charge >= 0.3 is 12.0 Å². The van der Waals surface area contributed by atoms with Crippen LogP contribution in [0.5, 0.6) is 0 Å². The number of nitrogens with zero attached hydrogens (tertiary/aromatic N) is 1. The maximum atomic E-state index is 11.9. The van der Waals surface area contributed by atoms with Crippen molar-refractivity contribution in [3.05, 3.63) is 0 Å². The molecule has 0 aliphatic heterocycles. The Bertz CT molecular complexity index is 266. The van der Waals surface area contributed by atoms with Crippen LogP contribution < -0.4 is 5.32 Å². The van der Waals surface area contributed by atoms with Crippen molar-refractivity contribution >= 4 is 12.0 Å². The van der Waals surface area contributed by atoms with Gasteiger partial charge in [0.1, 0.15) is 6.04 Å². The predicted molar refractivity (Wildman–Crippen MR) is 67.0 cm³/mol. The van der Waals surface area contributed by atoms with E-state index in [1.165, 1.54) is 19.1 Å². The highest BCUT2D eigenvalue weighted by Crippen LogP contribution is 1.96. The molecular weight excluding hydrogens is 256 g/mol. The van der Waals surface area contributed by atoms with Crippen molar-refractivity contribution < 1.29 is 29.3 Å². The van der Waals surface area contributed by atoms with Gasteiger partial charge in [-0.3, -0.25) is 0 Å². The molecule has 0 aromatic rings. The number of aliphatic hydroxyl groups is 1. The number of carbonyl (C=O) groups excluding carboxylic acids is 1. The minimum Gasteiger partial charge on any atom is -0.480 e. The summed E-state index contributed by atoms with van der Waals surface area (Å²) in [5.41, 5.74) is 0. The van der Waals surface area contributed by atoms with E-state index in [9.17, 15) is 9.59 Å². The Kier molecular flexibility index (Phi) is 9.77. The number of rotatable bonds is 10. The molecule has 0 aromatic heterocycles. The molecule has 0 saturated carbocycles. The van der Waals surface area contributed by atoms with E-state index in [1.54, 1.807) is 0 Å². The van der Waals surface area contributed by atoms with E-state index in [-0.39, 0.29) is 13.0 Å². The molecule has 0 fully saturated rings. The number of carboxylic acid groups (broad SMARTS) is 1. The molecular formula is C11H22N2O6. The first-order valence-electron chi connectivity index (χ1n) is 5.93. The van der Waals surface area contributed by atoms with Crippen molar-refractivity contribution in [2.75, 3.05) is 47.1 Å². The van der Waals surface area contributed by atoms with Gasteiger partial charge in [-0.15, -0.1) is 0 Å². The Labute approximate surface area is 112 Å². The molecule has 1 atom stereocenters. The number of ether oxygens (including phenoxy) is 2. The maximum Gasteiger partial charge on any atom is 0.326 e. The van der Waals surface area contributed by atoms with Crippen LogP contribution in [0.1, 0.15) is 6.42 Å². The number of aliphatic carboxylic acids is 1. The highest BCUT2D eigenvalue weighted by Gasteiger charge is 2.22. The lowest BCUT2D eigenvalue weighted by Crippen LogP contribution is -2.49. The number of aliphatic hydroxyl groups excluding tert-OH is 1. The van der Waals surface area contributed by atoms with Gasteiger partial charge < -0.3 is 29.9 Å². The van der Waals surface area contributed by atoms with Crippen molar-refractivity contribution in [1.82, 2.24) is 10.2 Å². The highest BCUT2D eigenvalue weighted by molar-refractivity contribution is 5.82. The number of amides is 2. The number of methoxy groups -OCH3 is 2. The summed E-state index contributed by atoms with van der Waals surface area (Å²) in [6.45, 7) is 1.03. The molecule has 3 N–H and O–H groups in total. The van der Waals surface area contributed by atoms with Crippen LogP contribution >= 0.6 is 0 Å². The van der Waals surface area contributed by atoms with Crippen molar-refractivity contribution in [2.24, 2.45) is 0 Å². The van der Waals surface area contributed by atoms with Gasteiger partial charge in [0.25, 0.3) is 0 Å². The third kappa shape index (κ3) is 7.60. The van der Waals surface area contributed by atoms with Crippen LogP contribution in [-0.4, -0.2) is 80.3 Å². The van der Waals surface area contributed by atoms with Gasteiger partial charge in [-0.2, -0.15) is 0 Å². The molecule has 19 heavy (non-hydrogen) atoms. The lowest BCUT2D eigenvalue weighted by atomic mass is 10.2. The van der Waals surface area contributed by atoms with Gasteiger partial charge in [-0.1, -0.05) is 0 Å². The second-order valence-electron chi connectivity index (χ2n) is 3.83. The van der Waals surface area contributed by atoms with E-state index in [0.717, 1.165) is 0 Å². The molecule has 2 amide bonds. The van der Waals surface area contributed by atoms with E-state index in [4.69, 9.17) is 19.7 Å². The average Bonchev–Trinajstić information content (AvgIpc) is 2.38. The van der Waals surface area contributed by atoms with Crippen LogP contribution in [0.2, 0.25) is 0 Å². The zero-order valence-electron chi connectivity index (χ0n) is 11.3. The molecule has 0 spiro atoms. The monoisotopic (exact) mass is 278 g/mol. The van der Waals surface area contributed by atoms with E-state index < -0.39 is 18.0 Å². The second-order valence-corrected chi connectivity index (χ2v) is 3.83. The summed E-state index contributed by atoms with van der Waals surface area (Å²) in [6, 6.07) is -1.62. The summed E-state index contributed by atoms with van der Waals surface area (Å²) in [7, 11) is 3.02. The number of nitrogens with one attached hydrogen (secondary N) is 1. The molecule has 0 unspecified atom stereocenters. The number of urea groups is 1. The fraction of sp³-hybridized carbons (Fsp3) is 0.818. The summed E-state index contributed by atoms with van der Waals surface area (Å²) in [5, 5.41) is 20.0. The predicted octanol–water partition coefficient (Wildman–Crippen LogP) is -0.874. The molecule has 0 bridgehead atoms. The molecule has 0 rings (SSSR count). The molecule has 112 valence electrons. The van der Waals surface area contributed by atoms with E-state index in [0.29, 0.717) is 26.3 Å². The van der Waals surface area contributed by atoms with Crippen molar-refractivity contribution in [3.63, 3.8) is 0 Å².